The second kappa shape index (κ2) is 5.19. The topological polar surface area (TPSA) is 12.0 Å². The third kappa shape index (κ3) is 2.36. The highest BCUT2D eigenvalue weighted by Crippen LogP contribution is 2.47. The minimum Gasteiger partial charge on any atom is -0.312 e. The first-order valence-electron chi connectivity index (χ1n) is 6.06. The molecule has 0 spiro atoms. The zero-order chi connectivity index (χ0) is 11.6. The highest BCUT2D eigenvalue weighted by atomic mass is 79.9. The predicted molar refractivity (Wildman–Crippen MR) is 75.0 cm³/mol. The van der Waals surface area contributed by atoms with E-state index in [4.69, 9.17) is 0 Å². The van der Waals surface area contributed by atoms with Crippen molar-refractivity contribution in [2.24, 2.45) is 5.41 Å². The van der Waals surface area contributed by atoms with E-state index < -0.39 is 0 Å². The van der Waals surface area contributed by atoms with Gasteiger partial charge < -0.3 is 5.32 Å². The zero-order valence-corrected chi connectivity index (χ0v) is 12.5. The molecule has 1 heterocycles. The molecular formula is C13H20BrNS. The van der Waals surface area contributed by atoms with Gasteiger partial charge in [0, 0.05) is 15.9 Å². The molecule has 1 aliphatic rings. The van der Waals surface area contributed by atoms with Crippen LogP contribution in [0.25, 0.3) is 0 Å². The molecule has 1 nitrogen and oxygen atoms in total. The number of hydrogen-bond donors (Lipinski definition) is 1. The molecule has 0 saturated heterocycles. The van der Waals surface area contributed by atoms with Gasteiger partial charge in [-0.05, 0) is 52.2 Å². The fourth-order valence-electron chi connectivity index (χ4n) is 3.02. The minimum atomic E-state index is 0.427. The molecule has 1 atom stereocenters. The monoisotopic (exact) mass is 301 g/mol. The van der Waals surface area contributed by atoms with Gasteiger partial charge in [0.1, 0.15) is 0 Å². The van der Waals surface area contributed by atoms with Crippen LogP contribution in [0.3, 0.4) is 0 Å². The summed E-state index contributed by atoms with van der Waals surface area (Å²) in [6.45, 7) is 2.44. The quantitative estimate of drug-likeness (QED) is 0.850. The van der Waals surface area contributed by atoms with Gasteiger partial charge in [-0.3, -0.25) is 0 Å². The maximum atomic E-state index is 3.67. The van der Waals surface area contributed by atoms with Crippen molar-refractivity contribution in [3.05, 3.63) is 20.8 Å². The molecule has 1 saturated carbocycles. The maximum absolute atomic E-state index is 3.67. The third-order valence-electron chi connectivity index (χ3n) is 3.93. The first-order valence-corrected chi connectivity index (χ1v) is 7.80. The smallest absolute Gasteiger partial charge is 0.0391 e. The lowest BCUT2D eigenvalue weighted by atomic mass is 9.69. The van der Waals surface area contributed by atoms with Crippen LogP contribution in [0.1, 0.15) is 50.6 Å². The Morgan fingerprint density at radius 2 is 2.00 bits per heavy atom. The third-order valence-corrected chi connectivity index (χ3v) is 5.69. The fraction of sp³-hybridized carbons (Fsp3) is 0.692. The van der Waals surface area contributed by atoms with E-state index in [1.807, 2.05) is 0 Å². The van der Waals surface area contributed by atoms with Gasteiger partial charge in [-0.25, -0.2) is 0 Å². The van der Waals surface area contributed by atoms with Crippen LogP contribution in [0.15, 0.2) is 15.2 Å². The van der Waals surface area contributed by atoms with Crippen molar-refractivity contribution in [1.29, 1.82) is 0 Å². The molecule has 1 aromatic heterocycles. The predicted octanol–water partition coefficient (Wildman–Crippen LogP) is 4.74. The molecule has 3 heteroatoms. The van der Waals surface area contributed by atoms with Crippen LogP contribution in [0.4, 0.5) is 0 Å². The minimum absolute atomic E-state index is 0.427. The van der Waals surface area contributed by atoms with Crippen molar-refractivity contribution in [2.75, 3.05) is 7.05 Å². The Morgan fingerprint density at radius 3 is 2.50 bits per heavy atom. The standard InChI is InChI=1S/C13H20BrNS/c1-13(6-4-3-5-7-13)12(15-2)10-8-16-9-11(10)14/h8-9,12,15H,3-7H2,1-2H3. The lowest BCUT2D eigenvalue weighted by Gasteiger charge is -2.40. The first kappa shape index (κ1) is 12.6. The maximum Gasteiger partial charge on any atom is 0.0391 e. The normalized spacial score (nSPS) is 21.9. The highest BCUT2D eigenvalue weighted by Gasteiger charge is 2.36. The molecule has 0 radical (unpaired) electrons. The van der Waals surface area contributed by atoms with Crippen molar-refractivity contribution < 1.29 is 0 Å². The second-order valence-electron chi connectivity index (χ2n) is 5.11. The molecule has 0 amide bonds. The number of rotatable bonds is 3. The van der Waals surface area contributed by atoms with Gasteiger partial charge in [0.2, 0.25) is 0 Å². The Kier molecular flexibility index (Phi) is 4.09. The summed E-state index contributed by atoms with van der Waals surface area (Å²) in [5, 5.41) is 8.00. The van der Waals surface area contributed by atoms with E-state index in [0.29, 0.717) is 11.5 Å². The molecule has 1 fully saturated rings. The lowest BCUT2D eigenvalue weighted by Crippen LogP contribution is -2.36. The molecular weight excluding hydrogens is 282 g/mol. The largest absolute Gasteiger partial charge is 0.312 e. The van der Waals surface area contributed by atoms with Crippen molar-refractivity contribution in [2.45, 2.75) is 45.1 Å². The molecule has 90 valence electrons. The molecule has 0 aromatic carbocycles. The van der Waals surface area contributed by atoms with E-state index >= 15 is 0 Å². The Labute approximate surface area is 111 Å². The molecule has 2 rings (SSSR count). The van der Waals surface area contributed by atoms with Crippen LogP contribution in [0.5, 0.6) is 0 Å². The Morgan fingerprint density at radius 1 is 1.31 bits per heavy atom. The van der Waals surface area contributed by atoms with Crippen LogP contribution >= 0.6 is 27.3 Å². The summed E-state index contributed by atoms with van der Waals surface area (Å²) in [5.74, 6) is 0. The van der Waals surface area contributed by atoms with E-state index in [0.717, 1.165) is 0 Å². The molecule has 1 unspecified atom stereocenters. The van der Waals surface area contributed by atoms with Crippen molar-refractivity contribution in [3.63, 3.8) is 0 Å². The molecule has 1 N–H and O–H groups in total. The van der Waals surface area contributed by atoms with Crippen molar-refractivity contribution in [3.8, 4) is 0 Å². The van der Waals surface area contributed by atoms with Gasteiger partial charge in [0.25, 0.3) is 0 Å². The summed E-state index contributed by atoms with van der Waals surface area (Å²) >= 11 is 5.45. The second-order valence-corrected chi connectivity index (χ2v) is 6.71. The van der Waals surface area contributed by atoms with Crippen LogP contribution in [-0.2, 0) is 0 Å². The van der Waals surface area contributed by atoms with E-state index in [2.05, 4.69) is 46.0 Å². The first-order chi connectivity index (χ1) is 7.67. The highest BCUT2D eigenvalue weighted by molar-refractivity contribution is 9.10. The molecule has 1 aliphatic carbocycles. The van der Waals surface area contributed by atoms with Gasteiger partial charge >= 0.3 is 0 Å². The summed E-state index contributed by atoms with van der Waals surface area (Å²) in [4.78, 5) is 0. The van der Waals surface area contributed by atoms with Gasteiger partial charge in [0.05, 0.1) is 0 Å². The van der Waals surface area contributed by atoms with Gasteiger partial charge in [-0.2, -0.15) is 11.3 Å². The van der Waals surface area contributed by atoms with Crippen LogP contribution in [0.2, 0.25) is 0 Å². The average Bonchev–Trinajstić information content (AvgIpc) is 2.67. The number of halogens is 1. The van der Waals surface area contributed by atoms with E-state index in [-0.39, 0.29) is 0 Å². The van der Waals surface area contributed by atoms with Crippen molar-refractivity contribution >= 4 is 27.3 Å². The fourth-order valence-corrected chi connectivity index (χ4v) is 4.58. The number of thiophene rings is 1. The average molecular weight is 302 g/mol. The van der Waals surface area contributed by atoms with Crippen LogP contribution in [-0.4, -0.2) is 7.05 Å². The summed E-state index contributed by atoms with van der Waals surface area (Å²) in [5.41, 5.74) is 1.87. The summed E-state index contributed by atoms with van der Waals surface area (Å²) in [6.07, 6.45) is 6.88. The van der Waals surface area contributed by atoms with Crippen LogP contribution in [0, 0.1) is 5.41 Å². The van der Waals surface area contributed by atoms with Gasteiger partial charge in [-0.1, -0.05) is 26.2 Å². The summed E-state index contributed by atoms with van der Waals surface area (Å²) < 4.78 is 1.27. The van der Waals surface area contributed by atoms with E-state index in [1.54, 1.807) is 11.3 Å². The Balaban J connectivity index is 2.24. The zero-order valence-electron chi connectivity index (χ0n) is 10.1. The van der Waals surface area contributed by atoms with Crippen LogP contribution < -0.4 is 5.32 Å². The summed E-state index contributed by atoms with van der Waals surface area (Å²) in [7, 11) is 2.09. The number of nitrogens with one attached hydrogen (secondary N) is 1. The molecule has 16 heavy (non-hydrogen) atoms. The van der Waals surface area contributed by atoms with E-state index in [9.17, 15) is 0 Å². The SMILES string of the molecule is CNC(c1cscc1Br)C1(C)CCCCC1. The van der Waals surface area contributed by atoms with Crippen molar-refractivity contribution in [1.82, 2.24) is 5.32 Å². The lowest BCUT2D eigenvalue weighted by molar-refractivity contribution is 0.150. The number of hydrogen-bond acceptors (Lipinski definition) is 2. The van der Waals surface area contributed by atoms with Gasteiger partial charge in [-0.15, -0.1) is 0 Å². The van der Waals surface area contributed by atoms with Gasteiger partial charge in [0.15, 0.2) is 0 Å². The molecule has 0 bridgehead atoms. The summed E-state index contributed by atoms with van der Waals surface area (Å²) in [6, 6.07) is 0.494. The Hall–Kier alpha value is 0.140. The molecule has 1 aromatic rings. The Bertz CT molecular complexity index is 341. The molecule has 0 aliphatic heterocycles. The van der Waals surface area contributed by atoms with E-state index in [1.165, 1.54) is 42.1 Å².